The summed E-state index contributed by atoms with van der Waals surface area (Å²) in [6.45, 7) is 10.4. The number of aryl methyl sites for hydroxylation is 2. The van der Waals surface area contributed by atoms with Gasteiger partial charge in [0.15, 0.2) is 0 Å². The van der Waals surface area contributed by atoms with Crippen LogP contribution in [-0.2, 0) is 0 Å². The summed E-state index contributed by atoms with van der Waals surface area (Å²) in [6, 6.07) is 11.9. The molecule has 1 aromatic heterocycles. The molecule has 0 atom stereocenters. The molecule has 0 spiro atoms. The molecule has 2 rings (SSSR count). The third kappa shape index (κ3) is 3.98. The molecule has 0 saturated carbocycles. The van der Waals surface area contributed by atoms with Crippen molar-refractivity contribution >= 4 is 5.82 Å². The molecule has 20 heavy (non-hydrogen) atoms. The van der Waals surface area contributed by atoms with E-state index in [1.165, 1.54) is 5.56 Å². The van der Waals surface area contributed by atoms with Gasteiger partial charge in [-0.1, -0.05) is 18.2 Å². The lowest BCUT2D eigenvalue weighted by atomic mass is 10.1. The molecule has 0 amide bonds. The second-order valence-corrected chi connectivity index (χ2v) is 6.11. The molecule has 1 heterocycles. The van der Waals surface area contributed by atoms with E-state index in [1.54, 1.807) is 0 Å². The summed E-state index contributed by atoms with van der Waals surface area (Å²) in [5.74, 6) is 2.28. The third-order valence-corrected chi connectivity index (χ3v) is 2.78. The first kappa shape index (κ1) is 14.4. The van der Waals surface area contributed by atoms with Gasteiger partial charge in [0, 0.05) is 11.6 Å². The molecule has 3 heteroatoms. The van der Waals surface area contributed by atoms with Crippen LogP contribution in [0.15, 0.2) is 36.4 Å². The second-order valence-electron chi connectivity index (χ2n) is 6.11. The molecular weight excluding hydrogens is 248 g/mol. The van der Waals surface area contributed by atoms with Crippen LogP contribution < -0.4 is 10.1 Å². The van der Waals surface area contributed by atoms with Gasteiger partial charge in [-0.3, -0.25) is 0 Å². The molecule has 0 fully saturated rings. The van der Waals surface area contributed by atoms with Gasteiger partial charge in [-0.2, -0.15) is 4.98 Å². The Hall–Kier alpha value is -2.03. The molecule has 1 N–H and O–H groups in total. The molecule has 0 aliphatic carbocycles. The number of hydrogen-bond donors (Lipinski definition) is 1. The Kier molecular flexibility index (Phi) is 3.98. The van der Waals surface area contributed by atoms with Gasteiger partial charge in [-0.05, 0) is 57.9 Å². The number of pyridine rings is 1. The lowest BCUT2D eigenvalue weighted by Crippen LogP contribution is -2.26. The largest absolute Gasteiger partial charge is 0.439 e. The number of aromatic nitrogens is 1. The summed E-state index contributed by atoms with van der Waals surface area (Å²) in [7, 11) is 0. The maximum absolute atomic E-state index is 5.89. The zero-order valence-corrected chi connectivity index (χ0v) is 12.8. The lowest BCUT2D eigenvalue weighted by Gasteiger charge is -2.21. The molecule has 3 nitrogen and oxygen atoms in total. The highest BCUT2D eigenvalue weighted by atomic mass is 16.5. The molecule has 0 radical (unpaired) electrons. The Bertz CT molecular complexity index is 600. The van der Waals surface area contributed by atoms with E-state index < -0.39 is 0 Å². The predicted octanol–water partition coefficient (Wildman–Crippen LogP) is 4.70. The first-order chi connectivity index (χ1) is 9.33. The monoisotopic (exact) mass is 270 g/mol. The van der Waals surface area contributed by atoms with Crippen LogP contribution in [0.5, 0.6) is 11.6 Å². The SMILES string of the molecule is Cc1ccc(C)c(Oc2cccc(NC(C)(C)C)n2)c1. The fourth-order valence-corrected chi connectivity index (χ4v) is 1.86. The van der Waals surface area contributed by atoms with Crippen molar-refractivity contribution in [2.24, 2.45) is 0 Å². The molecule has 0 saturated heterocycles. The van der Waals surface area contributed by atoms with Gasteiger partial charge in [0.2, 0.25) is 5.88 Å². The number of nitrogens with one attached hydrogen (secondary N) is 1. The van der Waals surface area contributed by atoms with Crippen molar-refractivity contribution in [2.75, 3.05) is 5.32 Å². The van der Waals surface area contributed by atoms with Crippen LogP contribution in [0, 0.1) is 13.8 Å². The van der Waals surface area contributed by atoms with Gasteiger partial charge in [0.25, 0.3) is 0 Å². The average molecular weight is 270 g/mol. The van der Waals surface area contributed by atoms with E-state index in [-0.39, 0.29) is 5.54 Å². The van der Waals surface area contributed by atoms with E-state index in [4.69, 9.17) is 4.74 Å². The van der Waals surface area contributed by atoms with E-state index >= 15 is 0 Å². The molecule has 0 unspecified atom stereocenters. The highest BCUT2D eigenvalue weighted by Gasteiger charge is 2.11. The minimum absolute atomic E-state index is 0.0229. The number of benzene rings is 1. The first-order valence-corrected chi connectivity index (χ1v) is 6.84. The van der Waals surface area contributed by atoms with Crippen molar-refractivity contribution in [2.45, 2.75) is 40.2 Å². The van der Waals surface area contributed by atoms with Crippen molar-refractivity contribution < 1.29 is 4.74 Å². The summed E-state index contributed by atoms with van der Waals surface area (Å²) < 4.78 is 5.89. The quantitative estimate of drug-likeness (QED) is 0.877. The van der Waals surface area contributed by atoms with Gasteiger partial charge in [0.05, 0.1) is 0 Å². The minimum atomic E-state index is -0.0229. The van der Waals surface area contributed by atoms with Crippen LogP contribution >= 0.6 is 0 Å². The Balaban J connectivity index is 2.21. The van der Waals surface area contributed by atoms with Crippen molar-refractivity contribution in [3.05, 3.63) is 47.5 Å². The molecule has 0 aliphatic heterocycles. The maximum Gasteiger partial charge on any atom is 0.221 e. The maximum atomic E-state index is 5.89. The average Bonchev–Trinajstić information content (AvgIpc) is 2.32. The second kappa shape index (κ2) is 5.53. The summed E-state index contributed by atoms with van der Waals surface area (Å²) in [4.78, 5) is 4.49. The number of anilines is 1. The highest BCUT2D eigenvalue weighted by molar-refractivity contribution is 5.42. The fourth-order valence-electron chi connectivity index (χ4n) is 1.86. The van der Waals surface area contributed by atoms with Crippen LogP contribution in [0.2, 0.25) is 0 Å². The van der Waals surface area contributed by atoms with Gasteiger partial charge < -0.3 is 10.1 Å². The topological polar surface area (TPSA) is 34.1 Å². The number of hydrogen-bond acceptors (Lipinski definition) is 3. The number of nitrogens with zero attached hydrogens (tertiary/aromatic N) is 1. The molecular formula is C17H22N2O. The Morgan fingerprint density at radius 1 is 1.05 bits per heavy atom. The number of rotatable bonds is 3. The van der Waals surface area contributed by atoms with Crippen molar-refractivity contribution in [1.29, 1.82) is 0 Å². The summed E-state index contributed by atoms with van der Waals surface area (Å²) in [6.07, 6.45) is 0. The van der Waals surface area contributed by atoms with Crippen LogP contribution in [0.1, 0.15) is 31.9 Å². The van der Waals surface area contributed by atoms with Gasteiger partial charge in [-0.25, -0.2) is 0 Å². The molecule has 106 valence electrons. The van der Waals surface area contributed by atoms with Crippen LogP contribution in [0.25, 0.3) is 0 Å². The Labute approximate surface area is 121 Å². The van der Waals surface area contributed by atoms with E-state index in [0.29, 0.717) is 5.88 Å². The third-order valence-electron chi connectivity index (χ3n) is 2.78. The normalized spacial score (nSPS) is 11.2. The summed E-state index contributed by atoms with van der Waals surface area (Å²) in [5, 5.41) is 3.34. The van der Waals surface area contributed by atoms with Crippen LogP contribution in [0.3, 0.4) is 0 Å². The molecule has 1 aromatic carbocycles. The van der Waals surface area contributed by atoms with Gasteiger partial charge in [0.1, 0.15) is 11.6 Å². The standard InChI is InChI=1S/C17H22N2O/c1-12-9-10-13(2)14(11-12)20-16-8-6-7-15(18-16)19-17(3,4)5/h6-11H,1-5H3,(H,18,19). The van der Waals surface area contributed by atoms with Crippen LogP contribution in [-0.4, -0.2) is 10.5 Å². The highest BCUT2D eigenvalue weighted by Crippen LogP contribution is 2.26. The van der Waals surface area contributed by atoms with Gasteiger partial charge >= 0.3 is 0 Å². The lowest BCUT2D eigenvalue weighted by molar-refractivity contribution is 0.459. The number of ether oxygens (including phenoxy) is 1. The molecule has 0 aliphatic rings. The molecule has 2 aromatic rings. The zero-order chi connectivity index (χ0) is 14.8. The van der Waals surface area contributed by atoms with Crippen molar-refractivity contribution in [1.82, 2.24) is 4.98 Å². The zero-order valence-electron chi connectivity index (χ0n) is 12.8. The predicted molar refractivity (Wildman–Crippen MR) is 83.6 cm³/mol. The van der Waals surface area contributed by atoms with E-state index in [0.717, 1.165) is 17.1 Å². The van der Waals surface area contributed by atoms with Gasteiger partial charge in [-0.15, -0.1) is 0 Å². The molecule has 0 bridgehead atoms. The van der Waals surface area contributed by atoms with Crippen LogP contribution in [0.4, 0.5) is 5.82 Å². The summed E-state index contributed by atoms with van der Waals surface area (Å²) in [5.41, 5.74) is 2.26. The Morgan fingerprint density at radius 3 is 2.50 bits per heavy atom. The van der Waals surface area contributed by atoms with Crippen molar-refractivity contribution in [3.63, 3.8) is 0 Å². The van der Waals surface area contributed by atoms with E-state index in [9.17, 15) is 0 Å². The van der Waals surface area contributed by atoms with Crippen molar-refractivity contribution in [3.8, 4) is 11.6 Å². The van der Waals surface area contributed by atoms with E-state index in [1.807, 2.05) is 31.2 Å². The fraction of sp³-hybridized carbons (Fsp3) is 0.353. The minimum Gasteiger partial charge on any atom is -0.439 e. The Morgan fingerprint density at radius 2 is 1.80 bits per heavy atom. The smallest absolute Gasteiger partial charge is 0.221 e. The summed E-state index contributed by atoms with van der Waals surface area (Å²) >= 11 is 0. The van der Waals surface area contributed by atoms with E-state index in [2.05, 4.69) is 50.1 Å². The first-order valence-electron chi connectivity index (χ1n) is 6.84.